The minimum atomic E-state index is -0.776. The lowest BCUT2D eigenvalue weighted by Crippen LogP contribution is -2.63. The van der Waals surface area contributed by atoms with Crippen molar-refractivity contribution in [1.29, 1.82) is 0 Å². The molecule has 5 aliphatic rings. The van der Waals surface area contributed by atoms with Gasteiger partial charge in [-0.1, -0.05) is 19.4 Å². The van der Waals surface area contributed by atoms with Crippen molar-refractivity contribution in [3.05, 3.63) is 11.6 Å². The summed E-state index contributed by atoms with van der Waals surface area (Å²) in [6.07, 6.45) is 6.16. The Balaban J connectivity index is 1.60. The zero-order valence-corrected chi connectivity index (χ0v) is 22.1. The molecule has 0 aromatic carbocycles. The first-order chi connectivity index (χ1) is 16.9. The minimum Gasteiger partial charge on any atom is -0.462 e. The van der Waals surface area contributed by atoms with Gasteiger partial charge in [0, 0.05) is 50.9 Å². The van der Waals surface area contributed by atoms with E-state index in [0.717, 1.165) is 37.7 Å². The number of esters is 3. The first-order valence-electron chi connectivity index (χ1n) is 13.5. The van der Waals surface area contributed by atoms with E-state index in [4.69, 9.17) is 18.9 Å². The maximum absolute atomic E-state index is 12.4. The van der Waals surface area contributed by atoms with Crippen LogP contribution in [0.25, 0.3) is 0 Å². The van der Waals surface area contributed by atoms with Gasteiger partial charge in [-0.2, -0.15) is 0 Å². The summed E-state index contributed by atoms with van der Waals surface area (Å²) in [6.45, 7) is 8.77. The molecule has 10 atom stereocenters. The molecule has 1 spiro atoms. The third kappa shape index (κ3) is 3.90. The highest BCUT2D eigenvalue weighted by Crippen LogP contribution is 2.70. The average Bonchev–Trinajstić information content (AvgIpc) is 3.27. The van der Waals surface area contributed by atoms with Crippen LogP contribution in [0.15, 0.2) is 11.6 Å². The molecule has 0 radical (unpaired) electrons. The molecule has 200 valence electrons. The predicted octanol–water partition coefficient (Wildman–Crippen LogP) is 3.83. The van der Waals surface area contributed by atoms with Gasteiger partial charge in [-0.15, -0.1) is 0 Å². The molecule has 1 saturated heterocycles. The zero-order valence-electron chi connectivity index (χ0n) is 22.1. The van der Waals surface area contributed by atoms with E-state index in [1.807, 2.05) is 0 Å². The molecule has 3 saturated carbocycles. The number of ether oxygens (including phenoxy) is 4. The van der Waals surface area contributed by atoms with Gasteiger partial charge < -0.3 is 24.1 Å². The van der Waals surface area contributed by atoms with Gasteiger partial charge in [0.2, 0.25) is 0 Å². The Hall–Kier alpha value is -1.93. The second kappa shape index (κ2) is 8.83. The minimum absolute atomic E-state index is 0.0384. The van der Waals surface area contributed by atoms with Crippen LogP contribution in [0.5, 0.6) is 0 Å². The molecule has 0 amide bonds. The van der Waals surface area contributed by atoms with Gasteiger partial charge in [0.15, 0.2) is 6.29 Å². The molecule has 1 aliphatic heterocycles. The Morgan fingerprint density at radius 3 is 2.22 bits per heavy atom. The van der Waals surface area contributed by atoms with Gasteiger partial charge in [0.05, 0.1) is 5.60 Å². The zero-order chi connectivity index (χ0) is 26.0. The highest BCUT2D eigenvalue weighted by molar-refractivity contribution is 5.67. The SMILES string of the molecule is CC(=O)O[C@H]1CC[C@@]2(C)C(=C[C@H](OC(C)=O)[C@@H]3[C@@H]2[C@H](OC(C)=O)C[C@@]2(C)[C@H]3CC[C@@]23CCC(O)O3)C1. The lowest BCUT2D eigenvalue weighted by atomic mass is 9.45. The summed E-state index contributed by atoms with van der Waals surface area (Å²) in [4.78, 5) is 36.4. The Morgan fingerprint density at radius 2 is 1.61 bits per heavy atom. The summed E-state index contributed by atoms with van der Waals surface area (Å²) >= 11 is 0. The van der Waals surface area contributed by atoms with Crippen molar-refractivity contribution in [2.24, 2.45) is 28.6 Å². The maximum Gasteiger partial charge on any atom is 0.303 e. The number of carbonyl (C=O) groups excluding carboxylic acids is 3. The number of fused-ring (bicyclic) bond motifs is 6. The summed E-state index contributed by atoms with van der Waals surface area (Å²) in [6, 6.07) is 0. The fraction of sp³-hybridized carbons (Fsp3) is 0.821. The molecule has 1 heterocycles. The van der Waals surface area contributed by atoms with Crippen LogP contribution >= 0.6 is 0 Å². The normalized spacial score (nSPS) is 47.3. The number of hydrogen-bond donors (Lipinski definition) is 1. The Bertz CT molecular complexity index is 975. The average molecular weight is 505 g/mol. The fourth-order valence-corrected chi connectivity index (χ4v) is 9.05. The summed E-state index contributed by atoms with van der Waals surface area (Å²) in [5, 5.41) is 10.3. The smallest absolute Gasteiger partial charge is 0.303 e. The van der Waals surface area contributed by atoms with E-state index >= 15 is 0 Å². The number of aliphatic hydroxyl groups excluding tert-OH is 1. The summed E-state index contributed by atoms with van der Waals surface area (Å²) in [5.74, 6) is -0.860. The van der Waals surface area contributed by atoms with E-state index in [9.17, 15) is 19.5 Å². The fourth-order valence-electron chi connectivity index (χ4n) is 9.05. The standard InChI is InChI=1S/C28H40O8/c1-15(29)33-19-6-9-26(4)18(12-19)13-21(34-16(2)30)24-20-7-10-28(11-8-23(32)36-28)27(20,5)14-22(25(24)26)35-17(3)31/h13,19-25,32H,6-12,14H2,1-5H3/t19-,20-,21-,22+,23?,24+,25-,26-,27-,28+/m0/s1. The van der Waals surface area contributed by atoms with Gasteiger partial charge in [0.25, 0.3) is 0 Å². The van der Waals surface area contributed by atoms with Crippen LogP contribution in [0.4, 0.5) is 0 Å². The molecule has 0 aromatic rings. The van der Waals surface area contributed by atoms with Crippen LogP contribution in [0.1, 0.15) is 86.0 Å². The molecule has 0 bridgehead atoms. The summed E-state index contributed by atoms with van der Waals surface area (Å²) in [7, 11) is 0. The highest BCUT2D eigenvalue weighted by atomic mass is 16.6. The lowest BCUT2D eigenvalue weighted by molar-refractivity contribution is -0.228. The van der Waals surface area contributed by atoms with Crippen LogP contribution in [-0.4, -0.2) is 53.2 Å². The molecule has 36 heavy (non-hydrogen) atoms. The number of hydrogen-bond acceptors (Lipinski definition) is 8. The van der Waals surface area contributed by atoms with Crippen molar-refractivity contribution in [2.45, 2.75) is 116 Å². The molecule has 5 rings (SSSR count). The quantitative estimate of drug-likeness (QED) is 0.351. The predicted molar refractivity (Wildman–Crippen MR) is 128 cm³/mol. The number of carbonyl (C=O) groups is 3. The van der Waals surface area contributed by atoms with Crippen LogP contribution < -0.4 is 0 Å². The van der Waals surface area contributed by atoms with E-state index in [1.165, 1.54) is 20.8 Å². The first kappa shape index (κ1) is 25.7. The first-order valence-corrected chi connectivity index (χ1v) is 13.5. The topological polar surface area (TPSA) is 108 Å². The molecular formula is C28H40O8. The van der Waals surface area contributed by atoms with Crippen molar-refractivity contribution in [3.63, 3.8) is 0 Å². The van der Waals surface area contributed by atoms with Gasteiger partial charge in [0.1, 0.15) is 18.3 Å². The lowest BCUT2D eigenvalue weighted by Gasteiger charge is -2.62. The molecule has 4 aliphatic carbocycles. The van der Waals surface area contributed by atoms with Gasteiger partial charge in [-0.3, -0.25) is 14.4 Å². The van der Waals surface area contributed by atoms with Crippen molar-refractivity contribution in [2.75, 3.05) is 0 Å². The van der Waals surface area contributed by atoms with Gasteiger partial charge in [-0.05, 0) is 55.9 Å². The highest BCUT2D eigenvalue weighted by Gasteiger charge is 2.70. The summed E-state index contributed by atoms with van der Waals surface area (Å²) < 4.78 is 23.9. The molecule has 0 aromatic heterocycles. The van der Waals surface area contributed by atoms with Gasteiger partial charge in [-0.25, -0.2) is 0 Å². The Morgan fingerprint density at radius 1 is 0.944 bits per heavy atom. The van der Waals surface area contributed by atoms with E-state index in [2.05, 4.69) is 19.9 Å². The Labute approximate surface area is 213 Å². The van der Waals surface area contributed by atoms with Crippen molar-refractivity contribution in [3.8, 4) is 0 Å². The van der Waals surface area contributed by atoms with Crippen LogP contribution in [-0.2, 0) is 33.3 Å². The molecule has 8 heteroatoms. The van der Waals surface area contributed by atoms with Gasteiger partial charge >= 0.3 is 17.9 Å². The monoisotopic (exact) mass is 504 g/mol. The second-order valence-corrected chi connectivity index (χ2v) is 12.3. The van der Waals surface area contributed by atoms with Crippen LogP contribution in [0.3, 0.4) is 0 Å². The second-order valence-electron chi connectivity index (χ2n) is 12.3. The molecular weight excluding hydrogens is 464 g/mol. The van der Waals surface area contributed by atoms with E-state index in [-0.39, 0.29) is 58.7 Å². The maximum atomic E-state index is 12.4. The molecule has 8 nitrogen and oxygen atoms in total. The third-order valence-electron chi connectivity index (χ3n) is 10.4. The number of aliphatic hydroxyl groups is 1. The van der Waals surface area contributed by atoms with Crippen LogP contribution in [0, 0.1) is 28.6 Å². The largest absolute Gasteiger partial charge is 0.462 e. The van der Waals surface area contributed by atoms with E-state index in [0.29, 0.717) is 19.3 Å². The van der Waals surface area contributed by atoms with Crippen LogP contribution in [0.2, 0.25) is 0 Å². The summed E-state index contributed by atoms with van der Waals surface area (Å²) in [5.41, 5.74) is 0.0407. The van der Waals surface area contributed by atoms with Crippen molar-refractivity contribution >= 4 is 17.9 Å². The molecule has 1 unspecified atom stereocenters. The molecule has 4 fully saturated rings. The van der Waals surface area contributed by atoms with E-state index in [1.54, 1.807) is 0 Å². The van der Waals surface area contributed by atoms with E-state index < -0.39 is 18.0 Å². The Kier molecular flexibility index (Phi) is 6.30. The third-order valence-corrected chi connectivity index (χ3v) is 10.4. The van der Waals surface area contributed by atoms with Crippen molar-refractivity contribution in [1.82, 2.24) is 0 Å². The number of rotatable bonds is 3. The van der Waals surface area contributed by atoms with Crippen molar-refractivity contribution < 1.29 is 38.4 Å². The molecule has 1 N–H and O–H groups in total.